The van der Waals surface area contributed by atoms with E-state index in [0.717, 1.165) is 13.0 Å². The van der Waals surface area contributed by atoms with Crippen LogP contribution in [0.4, 0.5) is 5.82 Å². The van der Waals surface area contributed by atoms with Gasteiger partial charge in [0.15, 0.2) is 5.69 Å². The van der Waals surface area contributed by atoms with E-state index < -0.39 is 0 Å². The van der Waals surface area contributed by atoms with E-state index in [0.29, 0.717) is 18.9 Å². The van der Waals surface area contributed by atoms with Crippen molar-refractivity contribution in [2.75, 3.05) is 38.5 Å². The van der Waals surface area contributed by atoms with Gasteiger partial charge in [0.05, 0.1) is 0 Å². The predicted molar refractivity (Wildman–Crippen MR) is 74.4 cm³/mol. The number of anilines is 1. The number of likely N-dealkylation sites (N-methyl/N-ethyl adjacent to an activating group) is 1. The van der Waals surface area contributed by atoms with E-state index in [1.54, 1.807) is 24.1 Å². The molecule has 2 rings (SSSR count). The summed E-state index contributed by atoms with van der Waals surface area (Å²) in [6, 6.07) is 3.35. The van der Waals surface area contributed by atoms with Gasteiger partial charge >= 0.3 is 0 Å². The van der Waals surface area contributed by atoms with Gasteiger partial charge in [0.2, 0.25) is 5.91 Å². The Labute approximate surface area is 118 Å². The SMILES string of the molecule is CCNc1ccc(C(=O)N2CCCN(C)C(=O)C2)nn1. The molecule has 7 heteroatoms. The lowest BCUT2D eigenvalue weighted by molar-refractivity contribution is -0.129. The van der Waals surface area contributed by atoms with Gasteiger partial charge in [-0.05, 0) is 25.5 Å². The average Bonchev–Trinajstić information content (AvgIpc) is 2.62. The van der Waals surface area contributed by atoms with Gasteiger partial charge in [-0.1, -0.05) is 0 Å². The van der Waals surface area contributed by atoms with Crippen LogP contribution in [-0.2, 0) is 4.79 Å². The lowest BCUT2D eigenvalue weighted by Crippen LogP contribution is -2.38. The highest BCUT2D eigenvalue weighted by Crippen LogP contribution is 2.08. The van der Waals surface area contributed by atoms with Gasteiger partial charge < -0.3 is 15.1 Å². The largest absolute Gasteiger partial charge is 0.369 e. The summed E-state index contributed by atoms with van der Waals surface area (Å²) in [6.45, 7) is 4.04. The highest BCUT2D eigenvalue weighted by atomic mass is 16.2. The molecule has 2 amide bonds. The second kappa shape index (κ2) is 6.31. The zero-order chi connectivity index (χ0) is 14.5. The van der Waals surface area contributed by atoms with Crippen LogP contribution in [0.5, 0.6) is 0 Å². The fraction of sp³-hybridized carbons (Fsp3) is 0.538. The average molecular weight is 277 g/mol. The number of nitrogens with one attached hydrogen (secondary N) is 1. The van der Waals surface area contributed by atoms with Gasteiger partial charge in [-0.15, -0.1) is 10.2 Å². The summed E-state index contributed by atoms with van der Waals surface area (Å²) in [6.07, 6.45) is 0.775. The van der Waals surface area contributed by atoms with Crippen molar-refractivity contribution < 1.29 is 9.59 Å². The third-order valence-electron chi connectivity index (χ3n) is 3.20. The number of amides is 2. The summed E-state index contributed by atoms with van der Waals surface area (Å²) in [5, 5.41) is 10.9. The highest BCUT2D eigenvalue weighted by molar-refractivity contribution is 5.95. The number of aromatic nitrogens is 2. The van der Waals surface area contributed by atoms with Crippen LogP contribution in [0.15, 0.2) is 12.1 Å². The van der Waals surface area contributed by atoms with Crippen LogP contribution in [0, 0.1) is 0 Å². The summed E-state index contributed by atoms with van der Waals surface area (Å²) >= 11 is 0. The third-order valence-corrected chi connectivity index (χ3v) is 3.20. The molecule has 0 spiro atoms. The zero-order valence-corrected chi connectivity index (χ0v) is 11.8. The Balaban J connectivity index is 2.08. The molecular formula is C13H19N5O2. The highest BCUT2D eigenvalue weighted by Gasteiger charge is 2.24. The molecule has 7 nitrogen and oxygen atoms in total. The number of rotatable bonds is 3. The van der Waals surface area contributed by atoms with Crippen molar-refractivity contribution in [2.45, 2.75) is 13.3 Å². The Morgan fingerprint density at radius 3 is 2.80 bits per heavy atom. The van der Waals surface area contributed by atoms with Gasteiger partial charge in [0.1, 0.15) is 12.4 Å². The van der Waals surface area contributed by atoms with Crippen LogP contribution in [0.25, 0.3) is 0 Å². The number of hydrogen-bond acceptors (Lipinski definition) is 5. The first-order chi connectivity index (χ1) is 9.61. The molecule has 0 atom stereocenters. The lowest BCUT2D eigenvalue weighted by Gasteiger charge is -2.19. The fourth-order valence-corrected chi connectivity index (χ4v) is 2.04. The minimum absolute atomic E-state index is 0.0481. The first-order valence-electron chi connectivity index (χ1n) is 6.72. The van der Waals surface area contributed by atoms with Gasteiger partial charge in [0.25, 0.3) is 5.91 Å². The van der Waals surface area contributed by atoms with Gasteiger partial charge in [-0.2, -0.15) is 0 Å². The normalized spacial score (nSPS) is 16.0. The van der Waals surface area contributed by atoms with E-state index in [-0.39, 0.29) is 24.1 Å². The molecule has 0 aromatic carbocycles. The molecule has 0 unspecified atom stereocenters. The quantitative estimate of drug-likeness (QED) is 0.854. The van der Waals surface area contributed by atoms with Crippen molar-refractivity contribution >= 4 is 17.6 Å². The molecule has 1 saturated heterocycles. The first-order valence-corrected chi connectivity index (χ1v) is 6.72. The minimum Gasteiger partial charge on any atom is -0.369 e. The Kier molecular flexibility index (Phi) is 4.49. The number of carbonyl (C=O) groups excluding carboxylic acids is 2. The fourth-order valence-electron chi connectivity index (χ4n) is 2.04. The summed E-state index contributed by atoms with van der Waals surface area (Å²) in [7, 11) is 1.75. The topological polar surface area (TPSA) is 78.4 Å². The number of carbonyl (C=O) groups is 2. The Hall–Kier alpha value is -2.18. The van der Waals surface area contributed by atoms with Gasteiger partial charge in [-0.25, -0.2) is 0 Å². The summed E-state index contributed by atoms with van der Waals surface area (Å²) in [5.41, 5.74) is 0.268. The number of nitrogens with zero attached hydrogens (tertiary/aromatic N) is 4. The maximum atomic E-state index is 12.3. The van der Waals surface area contributed by atoms with E-state index in [9.17, 15) is 9.59 Å². The summed E-state index contributed by atoms with van der Waals surface area (Å²) in [4.78, 5) is 27.3. The van der Waals surface area contributed by atoms with Crippen LogP contribution < -0.4 is 5.32 Å². The number of hydrogen-bond donors (Lipinski definition) is 1. The Bertz CT molecular complexity index is 488. The summed E-state index contributed by atoms with van der Waals surface area (Å²) < 4.78 is 0. The maximum Gasteiger partial charge on any atom is 0.274 e. The van der Waals surface area contributed by atoms with Gasteiger partial charge in [-0.3, -0.25) is 9.59 Å². The first kappa shape index (κ1) is 14.2. The monoisotopic (exact) mass is 277 g/mol. The van der Waals surface area contributed by atoms with E-state index in [1.165, 1.54) is 4.90 Å². The molecule has 108 valence electrons. The zero-order valence-electron chi connectivity index (χ0n) is 11.8. The van der Waals surface area contributed by atoms with E-state index in [1.807, 2.05) is 6.92 Å². The Morgan fingerprint density at radius 1 is 1.35 bits per heavy atom. The molecule has 1 N–H and O–H groups in total. The second-order valence-electron chi connectivity index (χ2n) is 4.73. The minimum atomic E-state index is -0.246. The smallest absolute Gasteiger partial charge is 0.274 e. The van der Waals surface area contributed by atoms with E-state index in [4.69, 9.17) is 0 Å². The lowest BCUT2D eigenvalue weighted by atomic mass is 10.3. The van der Waals surface area contributed by atoms with Crippen LogP contribution in [0.1, 0.15) is 23.8 Å². The van der Waals surface area contributed by atoms with Crippen molar-refractivity contribution in [1.29, 1.82) is 0 Å². The molecule has 1 fully saturated rings. The Morgan fingerprint density at radius 2 is 2.15 bits per heavy atom. The molecule has 1 aromatic heterocycles. The molecule has 2 heterocycles. The van der Waals surface area contributed by atoms with Crippen molar-refractivity contribution in [3.63, 3.8) is 0 Å². The summed E-state index contributed by atoms with van der Waals surface area (Å²) in [5.74, 6) is 0.341. The van der Waals surface area contributed by atoms with Gasteiger partial charge in [0, 0.05) is 26.7 Å². The van der Waals surface area contributed by atoms with E-state index >= 15 is 0 Å². The molecule has 1 aliphatic heterocycles. The van der Waals surface area contributed by atoms with Crippen molar-refractivity contribution in [2.24, 2.45) is 0 Å². The molecular weight excluding hydrogens is 258 g/mol. The molecule has 0 aliphatic carbocycles. The predicted octanol–water partition coefficient (Wildman–Crippen LogP) is 0.213. The molecule has 20 heavy (non-hydrogen) atoms. The molecule has 0 bridgehead atoms. The van der Waals surface area contributed by atoms with E-state index in [2.05, 4.69) is 15.5 Å². The third kappa shape index (κ3) is 3.23. The maximum absolute atomic E-state index is 12.3. The second-order valence-corrected chi connectivity index (χ2v) is 4.73. The molecule has 0 saturated carbocycles. The van der Waals surface area contributed by atoms with Crippen LogP contribution >= 0.6 is 0 Å². The van der Waals surface area contributed by atoms with Crippen LogP contribution in [0.3, 0.4) is 0 Å². The van der Waals surface area contributed by atoms with Crippen molar-refractivity contribution in [3.05, 3.63) is 17.8 Å². The van der Waals surface area contributed by atoms with Crippen molar-refractivity contribution in [1.82, 2.24) is 20.0 Å². The molecule has 1 aromatic rings. The van der Waals surface area contributed by atoms with Crippen LogP contribution in [-0.4, -0.2) is 65.0 Å². The standard InChI is InChI=1S/C13H19N5O2/c1-3-14-11-6-5-10(15-16-11)13(20)18-8-4-7-17(2)12(19)9-18/h5-6H,3-4,7-9H2,1-2H3,(H,14,16). The molecule has 0 radical (unpaired) electrons. The van der Waals surface area contributed by atoms with Crippen molar-refractivity contribution in [3.8, 4) is 0 Å². The molecule has 1 aliphatic rings. The van der Waals surface area contributed by atoms with Crippen LogP contribution in [0.2, 0.25) is 0 Å².